The summed E-state index contributed by atoms with van der Waals surface area (Å²) < 4.78 is 6.32. The van der Waals surface area contributed by atoms with E-state index in [1.165, 1.54) is 0 Å². The van der Waals surface area contributed by atoms with Crippen molar-refractivity contribution in [3.63, 3.8) is 0 Å². The van der Waals surface area contributed by atoms with Gasteiger partial charge in [0.25, 0.3) is 0 Å². The Morgan fingerprint density at radius 3 is 2.67 bits per heavy atom. The summed E-state index contributed by atoms with van der Waals surface area (Å²) in [6, 6.07) is 6.03. The van der Waals surface area contributed by atoms with Gasteiger partial charge in [0.2, 0.25) is 0 Å². The second-order valence-electron chi connectivity index (χ2n) is 4.91. The van der Waals surface area contributed by atoms with E-state index in [9.17, 15) is 9.90 Å². The van der Waals surface area contributed by atoms with Gasteiger partial charge in [-0.3, -0.25) is 4.79 Å². The molecule has 4 heteroatoms. The zero-order valence-corrected chi connectivity index (χ0v) is 12.2. The Bertz CT molecular complexity index is 466. The first-order valence-electron chi connectivity index (χ1n) is 6.08. The quantitative estimate of drug-likeness (QED) is 0.929. The fourth-order valence-corrected chi connectivity index (χ4v) is 3.16. The summed E-state index contributed by atoms with van der Waals surface area (Å²) in [6.07, 6.45) is 0.616. The Kier molecular flexibility index (Phi) is 3.78. The van der Waals surface area contributed by atoms with E-state index in [-0.39, 0.29) is 11.3 Å². The van der Waals surface area contributed by atoms with Crippen LogP contribution in [0.25, 0.3) is 0 Å². The minimum Gasteiger partial charge on any atom is -0.481 e. The molecule has 0 saturated carbocycles. The maximum atomic E-state index is 11.5. The van der Waals surface area contributed by atoms with Crippen molar-refractivity contribution in [1.29, 1.82) is 0 Å². The van der Waals surface area contributed by atoms with Crippen LogP contribution in [0.5, 0.6) is 0 Å². The van der Waals surface area contributed by atoms with Crippen molar-refractivity contribution in [3.05, 3.63) is 33.8 Å². The lowest BCUT2D eigenvalue weighted by atomic mass is 9.66. The van der Waals surface area contributed by atoms with E-state index < -0.39 is 5.97 Å². The molecule has 0 aliphatic carbocycles. The highest BCUT2D eigenvalue weighted by atomic mass is 79.9. The summed E-state index contributed by atoms with van der Waals surface area (Å²) in [7, 11) is 0. The predicted molar refractivity (Wildman–Crippen MR) is 72.8 cm³/mol. The van der Waals surface area contributed by atoms with Gasteiger partial charge in [-0.2, -0.15) is 0 Å². The first kappa shape index (κ1) is 13.6. The van der Waals surface area contributed by atoms with E-state index in [0.717, 1.165) is 15.6 Å². The molecule has 98 valence electrons. The monoisotopic (exact) mass is 312 g/mol. The molecule has 0 spiro atoms. The van der Waals surface area contributed by atoms with Crippen molar-refractivity contribution in [2.45, 2.75) is 25.7 Å². The van der Waals surface area contributed by atoms with Crippen molar-refractivity contribution in [2.75, 3.05) is 13.2 Å². The third-order valence-electron chi connectivity index (χ3n) is 3.83. The van der Waals surface area contributed by atoms with Gasteiger partial charge in [-0.25, -0.2) is 0 Å². The molecule has 0 amide bonds. The Morgan fingerprint density at radius 2 is 2.22 bits per heavy atom. The van der Waals surface area contributed by atoms with Crippen molar-refractivity contribution < 1.29 is 14.6 Å². The molecule has 1 aliphatic heterocycles. The van der Waals surface area contributed by atoms with Crippen LogP contribution in [0.15, 0.2) is 22.7 Å². The molecule has 1 unspecified atom stereocenters. The Morgan fingerprint density at radius 1 is 1.56 bits per heavy atom. The van der Waals surface area contributed by atoms with Gasteiger partial charge in [-0.15, -0.1) is 0 Å². The molecule has 1 aromatic carbocycles. The zero-order valence-electron chi connectivity index (χ0n) is 10.6. The second kappa shape index (κ2) is 5.02. The van der Waals surface area contributed by atoms with E-state index in [4.69, 9.17) is 4.74 Å². The van der Waals surface area contributed by atoms with Crippen LogP contribution in [0.4, 0.5) is 0 Å². The first-order valence-corrected chi connectivity index (χ1v) is 6.87. The summed E-state index contributed by atoms with van der Waals surface area (Å²) in [5.41, 5.74) is 1.85. The number of halogens is 1. The van der Waals surface area contributed by atoms with Crippen LogP contribution in [-0.4, -0.2) is 24.3 Å². The highest BCUT2D eigenvalue weighted by molar-refractivity contribution is 9.10. The fraction of sp³-hybridized carbons (Fsp3) is 0.500. The number of aryl methyl sites for hydroxylation is 1. The van der Waals surface area contributed by atoms with Crippen LogP contribution in [0.1, 0.15) is 24.5 Å². The lowest BCUT2D eigenvalue weighted by molar-refractivity contribution is -0.157. The number of carbonyl (C=O) groups is 1. The zero-order chi connectivity index (χ0) is 13.3. The van der Waals surface area contributed by atoms with Crippen LogP contribution in [-0.2, 0) is 14.9 Å². The molecule has 1 atom stereocenters. The summed E-state index contributed by atoms with van der Waals surface area (Å²) in [5, 5.41) is 9.43. The van der Waals surface area contributed by atoms with Gasteiger partial charge in [0.1, 0.15) is 0 Å². The van der Waals surface area contributed by atoms with Gasteiger partial charge >= 0.3 is 5.97 Å². The molecule has 1 fully saturated rings. The second-order valence-corrected chi connectivity index (χ2v) is 5.82. The molecule has 1 saturated heterocycles. The van der Waals surface area contributed by atoms with E-state index in [1.807, 2.05) is 32.0 Å². The summed E-state index contributed by atoms with van der Waals surface area (Å²) in [6.45, 7) is 4.94. The molecular weight excluding hydrogens is 296 g/mol. The molecule has 3 nitrogen and oxygen atoms in total. The Balaban J connectivity index is 2.49. The number of hydrogen-bond donors (Lipinski definition) is 1. The fourth-order valence-electron chi connectivity index (χ4n) is 2.80. The van der Waals surface area contributed by atoms with Gasteiger partial charge in [0.15, 0.2) is 0 Å². The molecule has 0 radical (unpaired) electrons. The van der Waals surface area contributed by atoms with Gasteiger partial charge in [0.05, 0.1) is 24.5 Å². The van der Waals surface area contributed by atoms with E-state index in [1.54, 1.807) is 0 Å². The molecule has 1 heterocycles. The van der Waals surface area contributed by atoms with Crippen molar-refractivity contribution in [3.8, 4) is 0 Å². The lowest BCUT2D eigenvalue weighted by Gasteiger charge is -2.46. The normalized spacial score (nSPS) is 19.1. The standard InChI is InChI=1S/C14H17BrO3/c1-3-11(13(16)17)14(7-18-8-14)12-6-10(15)5-4-9(12)2/h4-6,11H,3,7-8H2,1-2H3,(H,16,17). The molecule has 2 rings (SSSR count). The average Bonchev–Trinajstić information content (AvgIpc) is 2.26. The third kappa shape index (κ3) is 2.08. The van der Waals surface area contributed by atoms with E-state index in [2.05, 4.69) is 15.9 Å². The minimum absolute atomic E-state index is 0.367. The van der Waals surface area contributed by atoms with Crippen LogP contribution in [0.3, 0.4) is 0 Å². The van der Waals surface area contributed by atoms with Crippen LogP contribution in [0, 0.1) is 12.8 Å². The number of rotatable bonds is 4. The maximum Gasteiger partial charge on any atom is 0.307 e. The Hall–Kier alpha value is -0.870. The predicted octanol–water partition coefficient (Wildman–Crippen LogP) is 3.14. The van der Waals surface area contributed by atoms with Gasteiger partial charge < -0.3 is 9.84 Å². The van der Waals surface area contributed by atoms with Crippen molar-refractivity contribution in [1.82, 2.24) is 0 Å². The molecule has 1 aromatic rings. The lowest BCUT2D eigenvalue weighted by Crippen LogP contribution is -2.55. The Labute approximate surface area is 115 Å². The summed E-state index contributed by atoms with van der Waals surface area (Å²) >= 11 is 3.46. The van der Waals surface area contributed by atoms with Gasteiger partial charge in [0, 0.05) is 4.47 Å². The van der Waals surface area contributed by atoms with E-state index in [0.29, 0.717) is 19.6 Å². The molecule has 1 N–H and O–H groups in total. The average molecular weight is 313 g/mol. The third-order valence-corrected chi connectivity index (χ3v) is 4.32. The topological polar surface area (TPSA) is 46.5 Å². The minimum atomic E-state index is -0.736. The molecule has 0 bridgehead atoms. The van der Waals surface area contributed by atoms with Crippen LogP contribution in [0.2, 0.25) is 0 Å². The molecular formula is C14H17BrO3. The van der Waals surface area contributed by atoms with Crippen LogP contribution >= 0.6 is 15.9 Å². The molecule has 18 heavy (non-hydrogen) atoms. The van der Waals surface area contributed by atoms with Gasteiger partial charge in [-0.05, 0) is 36.6 Å². The number of aliphatic carboxylic acids is 1. The first-order chi connectivity index (χ1) is 8.51. The van der Waals surface area contributed by atoms with Crippen molar-refractivity contribution in [2.24, 2.45) is 5.92 Å². The number of hydrogen-bond acceptors (Lipinski definition) is 2. The van der Waals surface area contributed by atoms with Crippen LogP contribution < -0.4 is 0 Å². The maximum absolute atomic E-state index is 11.5. The summed E-state index contributed by atoms with van der Waals surface area (Å²) in [4.78, 5) is 11.5. The SMILES string of the molecule is CCC(C(=O)O)C1(c2cc(Br)ccc2C)COC1. The number of benzene rings is 1. The summed E-state index contributed by atoms with van der Waals surface area (Å²) in [5.74, 6) is -1.13. The number of carboxylic acid groups (broad SMARTS) is 1. The van der Waals surface area contributed by atoms with Gasteiger partial charge in [-0.1, -0.05) is 28.9 Å². The smallest absolute Gasteiger partial charge is 0.307 e. The largest absolute Gasteiger partial charge is 0.481 e. The molecule has 1 aliphatic rings. The highest BCUT2D eigenvalue weighted by Crippen LogP contribution is 2.43. The highest BCUT2D eigenvalue weighted by Gasteiger charge is 2.50. The van der Waals surface area contributed by atoms with E-state index >= 15 is 0 Å². The molecule has 0 aromatic heterocycles. The number of ether oxygens (including phenoxy) is 1. The number of carboxylic acids is 1. The van der Waals surface area contributed by atoms with Crippen molar-refractivity contribution >= 4 is 21.9 Å².